The Kier molecular flexibility index (Phi) is 7.53. The summed E-state index contributed by atoms with van der Waals surface area (Å²) in [6, 6.07) is 11.3. The van der Waals surface area contributed by atoms with Crippen LogP contribution in [-0.2, 0) is 11.3 Å². The zero-order valence-electron chi connectivity index (χ0n) is 16.1. The number of pyridine rings is 1. The van der Waals surface area contributed by atoms with E-state index in [9.17, 15) is 19.5 Å². The van der Waals surface area contributed by atoms with E-state index >= 15 is 0 Å². The molecule has 0 saturated heterocycles. The Hall–Kier alpha value is -3.62. The summed E-state index contributed by atoms with van der Waals surface area (Å²) in [5, 5.41) is 21.4. The third-order valence-electron chi connectivity index (χ3n) is 4.41. The van der Waals surface area contributed by atoms with Crippen LogP contribution in [0, 0.1) is 12.3 Å². The molecule has 1 atom stereocenters. The number of nitrogens with zero attached hydrogens (tertiary/aromatic N) is 1. The Bertz CT molecular complexity index is 940. The molecule has 1 aromatic heterocycles. The first-order valence-corrected chi connectivity index (χ1v) is 9.15. The lowest BCUT2D eigenvalue weighted by atomic mass is 10.1. The fourth-order valence-electron chi connectivity index (χ4n) is 2.83. The summed E-state index contributed by atoms with van der Waals surface area (Å²) >= 11 is 0. The third-order valence-corrected chi connectivity index (χ3v) is 4.41. The summed E-state index contributed by atoms with van der Waals surface area (Å²) in [5.41, 5.74) is 6.19. The Labute approximate surface area is 168 Å². The lowest BCUT2D eigenvalue weighted by molar-refractivity contribution is -0.139. The van der Waals surface area contributed by atoms with Gasteiger partial charge < -0.3 is 26.0 Å². The number of carbonyl (C=O) groups excluding carboxylic acids is 1. The van der Waals surface area contributed by atoms with E-state index in [1.807, 2.05) is 30.3 Å². The topological polar surface area (TPSA) is 150 Å². The molecule has 9 heteroatoms. The van der Waals surface area contributed by atoms with E-state index in [0.717, 1.165) is 5.56 Å². The Morgan fingerprint density at radius 2 is 1.90 bits per heavy atom. The highest BCUT2D eigenvalue weighted by atomic mass is 16.4. The van der Waals surface area contributed by atoms with Crippen molar-refractivity contribution < 1.29 is 14.7 Å². The quantitative estimate of drug-likeness (QED) is 0.237. The first-order chi connectivity index (χ1) is 13.8. The second kappa shape index (κ2) is 10.1. The molecule has 9 nitrogen and oxygen atoms in total. The van der Waals surface area contributed by atoms with Gasteiger partial charge in [0.25, 0.3) is 11.5 Å². The number of nitrogens with two attached hydrogens (primary N) is 1. The van der Waals surface area contributed by atoms with Gasteiger partial charge in [0.05, 0.1) is 6.54 Å². The van der Waals surface area contributed by atoms with E-state index in [-0.39, 0.29) is 17.9 Å². The van der Waals surface area contributed by atoms with Gasteiger partial charge in [0.2, 0.25) is 0 Å². The number of benzene rings is 1. The minimum Gasteiger partial charge on any atom is -0.480 e. The number of aliphatic carboxylic acids is 1. The second-order valence-corrected chi connectivity index (χ2v) is 6.61. The van der Waals surface area contributed by atoms with Crippen molar-refractivity contribution in [2.24, 2.45) is 5.73 Å². The van der Waals surface area contributed by atoms with Gasteiger partial charge in [0, 0.05) is 12.2 Å². The predicted molar refractivity (Wildman–Crippen MR) is 109 cm³/mol. The number of nitrogens with one attached hydrogen (secondary N) is 3. The van der Waals surface area contributed by atoms with Crippen LogP contribution < -0.4 is 21.9 Å². The molecule has 2 aromatic rings. The fraction of sp³-hybridized carbons (Fsp3) is 0.300. The van der Waals surface area contributed by atoms with Gasteiger partial charge in [0.1, 0.15) is 11.6 Å². The van der Waals surface area contributed by atoms with Crippen molar-refractivity contribution in [3.63, 3.8) is 0 Å². The average Bonchev–Trinajstić information content (AvgIpc) is 2.67. The molecule has 154 valence electrons. The van der Waals surface area contributed by atoms with Crippen LogP contribution in [0.4, 0.5) is 0 Å². The second-order valence-electron chi connectivity index (χ2n) is 6.61. The summed E-state index contributed by atoms with van der Waals surface area (Å²) in [6.07, 6.45) is 0.508. The van der Waals surface area contributed by atoms with Gasteiger partial charge in [-0.3, -0.25) is 15.0 Å². The van der Waals surface area contributed by atoms with Crippen LogP contribution in [0.5, 0.6) is 0 Å². The molecule has 6 N–H and O–H groups in total. The molecule has 0 bridgehead atoms. The number of hydrogen-bond donors (Lipinski definition) is 5. The molecule has 0 fully saturated rings. The molecular formula is C20H25N5O4. The molecular weight excluding hydrogens is 374 g/mol. The number of carboxylic acids is 1. The smallest absolute Gasteiger partial charge is 0.326 e. The van der Waals surface area contributed by atoms with E-state index in [4.69, 9.17) is 11.1 Å². The van der Waals surface area contributed by atoms with Crippen LogP contribution in [0.2, 0.25) is 0 Å². The molecule has 0 aliphatic heterocycles. The van der Waals surface area contributed by atoms with Crippen molar-refractivity contribution in [1.29, 1.82) is 5.41 Å². The van der Waals surface area contributed by atoms with Crippen LogP contribution in [0.25, 0.3) is 0 Å². The summed E-state index contributed by atoms with van der Waals surface area (Å²) in [4.78, 5) is 36.9. The van der Waals surface area contributed by atoms with E-state index in [1.54, 1.807) is 13.0 Å². The average molecular weight is 399 g/mol. The van der Waals surface area contributed by atoms with E-state index < -0.39 is 23.5 Å². The molecule has 1 aromatic carbocycles. The van der Waals surface area contributed by atoms with Crippen molar-refractivity contribution in [3.8, 4) is 0 Å². The number of carbonyl (C=O) groups is 2. The zero-order valence-corrected chi connectivity index (χ0v) is 16.1. The number of hydrogen-bond acceptors (Lipinski definition) is 4. The van der Waals surface area contributed by atoms with Crippen molar-refractivity contribution >= 4 is 17.8 Å². The summed E-state index contributed by atoms with van der Waals surface area (Å²) < 4.78 is 1.48. The van der Waals surface area contributed by atoms with E-state index in [1.165, 1.54) is 10.6 Å². The number of carboxylic acid groups (broad SMARTS) is 1. The highest BCUT2D eigenvalue weighted by Crippen LogP contribution is 2.06. The summed E-state index contributed by atoms with van der Waals surface area (Å²) in [7, 11) is 0. The van der Waals surface area contributed by atoms with Crippen LogP contribution in [0.15, 0.2) is 47.3 Å². The molecule has 0 spiro atoms. The van der Waals surface area contributed by atoms with Gasteiger partial charge in [-0.1, -0.05) is 30.3 Å². The van der Waals surface area contributed by atoms with Crippen molar-refractivity contribution in [2.75, 3.05) is 6.54 Å². The highest BCUT2D eigenvalue weighted by Gasteiger charge is 2.22. The molecule has 29 heavy (non-hydrogen) atoms. The van der Waals surface area contributed by atoms with Gasteiger partial charge >= 0.3 is 5.97 Å². The van der Waals surface area contributed by atoms with Gasteiger partial charge in [0.15, 0.2) is 5.96 Å². The fourth-order valence-corrected chi connectivity index (χ4v) is 2.83. The maximum absolute atomic E-state index is 12.8. The normalized spacial score (nSPS) is 11.5. The first-order valence-electron chi connectivity index (χ1n) is 9.15. The minimum atomic E-state index is -1.20. The number of aromatic nitrogens is 1. The van der Waals surface area contributed by atoms with Crippen LogP contribution in [-0.4, -0.2) is 40.1 Å². The molecule has 0 radical (unpaired) electrons. The lowest BCUT2D eigenvalue weighted by Crippen LogP contribution is -2.44. The van der Waals surface area contributed by atoms with Crippen LogP contribution in [0.3, 0.4) is 0 Å². The number of amides is 1. The predicted octanol–water partition coefficient (Wildman–Crippen LogP) is 0.651. The van der Waals surface area contributed by atoms with Crippen molar-refractivity contribution in [2.45, 2.75) is 32.4 Å². The lowest BCUT2D eigenvalue weighted by Gasteiger charge is -2.16. The Balaban J connectivity index is 2.14. The van der Waals surface area contributed by atoms with E-state index in [0.29, 0.717) is 25.2 Å². The zero-order chi connectivity index (χ0) is 21.4. The van der Waals surface area contributed by atoms with Gasteiger partial charge in [-0.2, -0.15) is 0 Å². The molecule has 0 unspecified atom stereocenters. The van der Waals surface area contributed by atoms with Crippen molar-refractivity contribution in [1.82, 2.24) is 15.2 Å². The molecule has 0 aliphatic carbocycles. The molecule has 1 heterocycles. The summed E-state index contributed by atoms with van der Waals surface area (Å²) in [5.74, 6) is -2.14. The highest BCUT2D eigenvalue weighted by molar-refractivity contribution is 5.96. The van der Waals surface area contributed by atoms with E-state index in [2.05, 4.69) is 10.6 Å². The standard InChI is InChI=1S/C20H25N5O4/c1-13-9-10-15(18(27)25(13)12-14-6-3-2-4-7-14)17(26)24-16(19(28)29)8-5-11-23-20(21)22/h2-4,6-7,9-10,16H,5,8,11-12H2,1H3,(H,24,26)(H,28,29)(H4,21,22,23)/t16-/m0/s1. The monoisotopic (exact) mass is 399 g/mol. The Morgan fingerprint density at radius 1 is 1.21 bits per heavy atom. The SMILES string of the molecule is Cc1ccc(C(=O)N[C@@H](CCCNC(=N)N)C(=O)O)c(=O)n1Cc1ccccc1. The number of rotatable bonds is 9. The van der Waals surface area contributed by atoms with Gasteiger partial charge in [-0.15, -0.1) is 0 Å². The maximum atomic E-state index is 12.8. The number of aryl methyl sites for hydroxylation is 1. The molecule has 2 rings (SSSR count). The third kappa shape index (κ3) is 6.20. The largest absolute Gasteiger partial charge is 0.480 e. The summed E-state index contributed by atoms with van der Waals surface area (Å²) in [6.45, 7) is 2.39. The van der Waals surface area contributed by atoms with Crippen molar-refractivity contribution in [3.05, 3.63) is 69.6 Å². The van der Waals surface area contributed by atoms with Gasteiger partial charge in [-0.25, -0.2) is 4.79 Å². The molecule has 1 amide bonds. The molecule has 0 saturated carbocycles. The Morgan fingerprint density at radius 3 is 2.52 bits per heavy atom. The first kappa shape index (κ1) is 21.7. The molecule has 0 aliphatic rings. The number of guanidine groups is 1. The van der Waals surface area contributed by atoms with Crippen LogP contribution >= 0.6 is 0 Å². The maximum Gasteiger partial charge on any atom is 0.326 e. The van der Waals surface area contributed by atoms with Crippen LogP contribution in [0.1, 0.15) is 34.5 Å². The minimum absolute atomic E-state index is 0.111. The van der Waals surface area contributed by atoms with Gasteiger partial charge in [-0.05, 0) is 37.5 Å².